The molecule has 3 atom stereocenters. The molecular weight excluding hydrogens is 421 g/mol. The van der Waals surface area contributed by atoms with Crippen molar-refractivity contribution >= 4 is 5.91 Å². The molecule has 3 rings (SSSR count). The molecule has 0 radical (unpaired) electrons. The topological polar surface area (TPSA) is 81.2 Å². The minimum atomic E-state index is -3.13. The van der Waals surface area contributed by atoms with Gasteiger partial charge in [-0.25, -0.2) is 9.07 Å². The van der Waals surface area contributed by atoms with Gasteiger partial charge in [-0.2, -0.15) is 13.9 Å². The van der Waals surface area contributed by atoms with Gasteiger partial charge >= 0.3 is 0 Å². The lowest BCUT2D eigenvalue weighted by molar-refractivity contribution is -0.0271. The first-order chi connectivity index (χ1) is 15.0. The van der Waals surface area contributed by atoms with E-state index < -0.39 is 41.6 Å². The van der Waals surface area contributed by atoms with Gasteiger partial charge in [-0.05, 0) is 37.9 Å². The highest BCUT2D eigenvalue weighted by molar-refractivity contribution is 5.90. The summed E-state index contributed by atoms with van der Waals surface area (Å²) in [7, 11) is 3.09. The van der Waals surface area contributed by atoms with E-state index in [1.54, 1.807) is 33.2 Å². The lowest BCUT2D eigenvalue weighted by Gasteiger charge is -2.37. The molecule has 0 bridgehead atoms. The number of primary amides is 1. The van der Waals surface area contributed by atoms with Gasteiger partial charge in [0.15, 0.2) is 5.67 Å². The van der Waals surface area contributed by atoms with Crippen molar-refractivity contribution in [3.63, 3.8) is 0 Å². The largest absolute Gasteiger partial charge is 0.364 e. The number of nitrogens with zero attached hydrogens (tertiary/aromatic N) is 3. The Morgan fingerprint density at radius 1 is 1.28 bits per heavy atom. The fourth-order valence-corrected chi connectivity index (χ4v) is 3.82. The number of hydrogen-bond acceptors (Lipinski definition) is 4. The minimum Gasteiger partial charge on any atom is -0.364 e. The number of allylic oxidation sites excluding steroid dienone is 4. The number of amides is 1. The van der Waals surface area contributed by atoms with Crippen molar-refractivity contribution in [2.45, 2.75) is 30.5 Å². The van der Waals surface area contributed by atoms with E-state index in [0.29, 0.717) is 5.56 Å². The maximum absolute atomic E-state index is 16.5. The van der Waals surface area contributed by atoms with Crippen LogP contribution >= 0.6 is 0 Å². The van der Waals surface area contributed by atoms with Crippen molar-refractivity contribution in [1.29, 1.82) is 0 Å². The summed E-state index contributed by atoms with van der Waals surface area (Å²) in [5.74, 6) is -4.91. The van der Waals surface area contributed by atoms with Crippen LogP contribution in [-0.2, 0) is 5.92 Å². The van der Waals surface area contributed by atoms with Gasteiger partial charge in [0.2, 0.25) is 0 Å². The first-order valence-corrected chi connectivity index (χ1v) is 10.0. The summed E-state index contributed by atoms with van der Waals surface area (Å²) in [6, 6.07) is 6.68. The van der Waals surface area contributed by atoms with Gasteiger partial charge in [0.25, 0.3) is 17.4 Å². The zero-order chi connectivity index (χ0) is 23.7. The molecule has 3 unspecified atom stereocenters. The normalized spacial score (nSPS) is 21.7. The quantitative estimate of drug-likeness (QED) is 0.709. The number of hydrogen-bond donors (Lipinski definition) is 1. The lowest BCUT2D eigenvalue weighted by Crippen LogP contribution is -2.43. The number of benzene rings is 1. The first-order valence-electron chi connectivity index (χ1n) is 10.0. The van der Waals surface area contributed by atoms with Crippen LogP contribution in [0.5, 0.6) is 0 Å². The Hall–Kier alpha value is -3.20. The third kappa shape index (κ3) is 4.52. The summed E-state index contributed by atoms with van der Waals surface area (Å²) in [5, 5.41) is 3.94. The average Bonchev–Trinajstić information content (AvgIpc) is 2.73. The Balaban J connectivity index is 2.04. The van der Waals surface area contributed by atoms with Crippen molar-refractivity contribution in [2.24, 2.45) is 5.73 Å². The predicted octanol–water partition coefficient (Wildman–Crippen LogP) is 3.17. The number of rotatable bonds is 7. The monoisotopic (exact) mass is 446 g/mol. The summed E-state index contributed by atoms with van der Waals surface area (Å²) in [6.45, 7) is 1.07. The van der Waals surface area contributed by atoms with Gasteiger partial charge in [0.05, 0.1) is 6.54 Å². The van der Waals surface area contributed by atoms with Gasteiger partial charge in [-0.3, -0.25) is 9.59 Å². The van der Waals surface area contributed by atoms with Crippen molar-refractivity contribution in [1.82, 2.24) is 14.7 Å². The molecule has 0 saturated heterocycles. The molecule has 1 aliphatic rings. The van der Waals surface area contributed by atoms with Crippen LogP contribution in [0.4, 0.5) is 13.2 Å². The SMILES string of the molecule is CC(c1cccc(C(F)(F)CN(C)C)c1)C1(F)C=CC=CC1n1nc(C(N)=O)ccc1=O. The van der Waals surface area contributed by atoms with Gasteiger partial charge < -0.3 is 10.6 Å². The Labute approximate surface area is 183 Å². The molecule has 1 amide bonds. The summed E-state index contributed by atoms with van der Waals surface area (Å²) in [6.07, 6.45) is 5.76. The maximum Gasteiger partial charge on any atom is 0.285 e. The van der Waals surface area contributed by atoms with Crippen molar-refractivity contribution in [3.05, 3.63) is 87.9 Å². The second-order valence-electron chi connectivity index (χ2n) is 8.17. The summed E-state index contributed by atoms with van der Waals surface area (Å²) in [5.41, 5.74) is 2.38. The van der Waals surface area contributed by atoms with Crippen molar-refractivity contribution in [2.75, 3.05) is 20.6 Å². The number of halogens is 3. The second-order valence-corrected chi connectivity index (χ2v) is 8.17. The fourth-order valence-electron chi connectivity index (χ4n) is 3.82. The number of alkyl halides is 3. The van der Waals surface area contributed by atoms with Crippen molar-refractivity contribution in [3.8, 4) is 0 Å². The first kappa shape index (κ1) is 23.5. The summed E-state index contributed by atoms with van der Waals surface area (Å²) >= 11 is 0. The molecule has 6 nitrogen and oxygen atoms in total. The molecule has 2 N–H and O–H groups in total. The highest BCUT2D eigenvalue weighted by atomic mass is 19.3. The lowest BCUT2D eigenvalue weighted by atomic mass is 9.77. The highest BCUT2D eigenvalue weighted by Gasteiger charge is 2.45. The fraction of sp³-hybridized carbons (Fsp3) is 0.348. The van der Waals surface area contributed by atoms with Gasteiger partial charge in [0.1, 0.15) is 11.7 Å². The van der Waals surface area contributed by atoms with E-state index in [0.717, 1.165) is 10.7 Å². The van der Waals surface area contributed by atoms with Crippen LogP contribution < -0.4 is 11.3 Å². The van der Waals surface area contributed by atoms with Crippen LogP contribution in [0.1, 0.15) is 40.5 Å². The third-order valence-corrected chi connectivity index (χ3v) is 5.54. The molecule has 1 aromatic heterocycles. The zero-order valence-electron chi connectivity index (χ0n) is 18.0. The number of nitrogens with two attached hydrogens (primary N) is 1. The van der Waals surface area contributed by atoms with Crippen LogP contribution in [0.3, 0.4) is 0 Å². The zero-order valence-corrected chi connectivity index (χ0v) is 18.0. The number of carbonyl (C=O) groups is 1. The average molecular weight is 446 g/mol. The molecule has 2 aromatic rings. The molecule has 170 valence electrons. The molecule has 0 saturated carbocycles. The molecule has 0 spiro atoms. The molecule has 1 heterocycles. The smallest absolute Gasteiger partial charge is 0.285 e. The van der Waals surface area contributed by atoms with E-state index >= 15 is 4.39 Å². The maximum atomic E-state index is 16.5. The predicted molar refractivity (Wildman–Crippen MR) is 115 cm³/mol. The molecule has 1 aliphatic carbocycles. The van der Waals surface area contributed by atoms with E-state index in [-0.39, 0.29) is 11.3 Å². The van der Waals surface area contributed by atoms with E-state index in [2.05, 4.69) is 5.10 Å². The van der Waals surface area contributed by atoms with Gasteiger partial charge in [-0.1, -0.05) is 43.4 Å². The Morgan fingerprint density at radius 2 is 2.00 bits per heavy atom. The molecule has 32 heavy (non-hydrogen) atoms. The Morgan fingerprint density at radius 3 is 2.66 bits per heavy atom. The molecule has 9 heteroatoms. The minimum absolute atomic E-state index is 0.187. The Bertz CT molecular complexity index is 1130. The van der Waals surface area contributed by atoms with E-state index in [9.17, 15) is 18.4 Å². The second kappa shape index (κ2) is 8.74. The Kier molecular flexibility index (Phi) is 6.41. The number of carbonyl (C=O) groups excluding carboxylic acids is 1. The summed E-state index contributed by atoms with van der Waals surface area (Å²) < 4.78 is 46.7. The number of aromatic nitrogens is 2. The van der Waals surface area contributed by atoms with Gasteiger partial charge in [-0.15, -0.1) is 0 Å². The van der Waals surface area contributed by atoms with Crippen LogP contribution in [0.15, 0.2) is 65.5 Å². The highest BCUT2D eigenvalue weighted by Crippen LogP contribution is 2.44. The van der Waals surface area contributed by atoms with Crippen LogP contribution in [0, 0.1) is 0 Å². The van der Waals surface area contributed by atoms with Gasteiger partial charge in [0, 0.05) is 17.5 Å². The molecule has 0 fully saturated rings. The molecule has 1 aromatic carbocycles. The van der Waals surface area contributed by atoms with E-state index in [1.807, 2.05) is 0 Å². The standard InChI is InChI=1S/C23H25F3N4O2/c1-15(16-7-6-8-17(13-16)23(25,26)14-29(2)3)22(24)12-5-4-9-19(22)30-20(31)11-10-18(28-30)21(27)32/h4-13,15,19H,14H2,1-3H3,(H2,27,32). The molecular formula is C23H25F3N4O2. The van der Waals surface area contributed by atoms with Crippen LogP contribution in [0.25, 0.3) is 0 Å². The van der Waals surface area contributed by atoms with E-state index in [1.165, 1.54) is 47.4 Å². The van der Waals surface area contributed by atoms with Crippen LogP contribution in [-0.4, -0.2) is 46.9 Å². The summed E-state index contributed by atoms with van der Waals surface area (Å²) in [4.78, 5) is 25.3. The third-order valence-electron chi connectivity index (χ3n) is 5.54. The van der Waals surface area contributed by atoms with Crippen molar-refractivity contribution < 1.29 is 18.0 Å². The number of likely N-dealkylation sites (N-methyl/N-ethyl adjacent to an activating group) is 1. The molecule has 0 aliphatic heterocycles. The van der Waals surface area contributed by atoms with E-state index in [4.69, 9.17) is 5.73 Å². The van der Waals surface area contributed by atoms with Crippen LogP contribution in [0.2, 0.25) is 0 Å².